The van der Waals surface area contributed by atoms with Gasteiger partial charge in [-0.05, 0) is 115 Å². The van der Waals surface area contributed by atoms with Gasteiger partial charge >= 0.3 is 11.9 Å². The second-order valence-electron chi connectivity index (χ2n) is 13.9. The molecule has 0 saturated carbocycles. The maximum Gasteiger partial charge on any atom is 0.326 e. The predicted molar refractivity (Wildman–Crippen MR) is 195 cm³/mol. The van der Waals surface area contributed by atoms with Gasteiger partial charge in [-0.2, -0.15) is 0 Å². The van der Waals surface area contributed by atoms with Gasteiger partial charge in [-0.1, -0.05) is 60.7 Å². The average molecular weight is 697 g/mol. The predicted octanol–water partition coefficient (Wildman–Crippen LogP) is 5.77. The molecule has 51 heavy (non-hydrogen) atoms. The standard InChI is InChI=1S/C41H48N2O8/c1-25-18-28(20-42-40(4,23-44)38(46)47)12-15-35(25)50-22-30-8-6-9-31(27(30)3)32-10-7-11-34-33(32)14-17-37(34)51-36-16-13-29(19-26(36)2)21-43-41(5,24-45)39(48)49/h6-13,15-16,18-19,37,42-45H,14,17,20-24H2,1-5H3,(H,46,47)(H,48,49)/t37?,40-,41?/m0/s1. The Labute approximate surface area is 299 Å². The maximum atomic E-state index is 11.5. The van der Waals surface area contributed by atoms with E-state index in [1.807, 2.05) is 50.2 Å². The molecule has 0 saturated heterocycles. The molecule has 0 radical (unpaired) electrons. The summed E-state index contributed by atoms with van der Waals surface area (Å²) in [5.74, 6) is -0.683. The molecule has 0 fully saturated rings. The summed E-state index contributed by atoms with van der Waals surface area (Å²) >= 11 is 0. The van der Waals surface area contributed by atoms with Crippen LogP contribution < -0.4 is 20.1 Å². The van der Waals surface area contributed by atoms with Gasteiger partial charge in [-0.3, -0.25) is 20.2 Å². The van der Waals surface area contributed by atoms with Gasteiger partial charge in [-0.15, -0.1) is 0 Å². The highest BCUT2D eigenvalue weighted by Crippen LogP contribution is 2.42. The molecule has 0 aromatic heterocycles. The topological polar surface area (TPSA) is 158 Å². The molecule has 4 aromatic carbocycles. The van der Waals surface area contributed by atoms with E-state index in [1.54, 1.807) is 0 Å². The summed E-state index contributed by atoms with van der Waals surface area (Å²) in [6, 6.07) is 24.3. The molecular weight excluding hydrogens is 648 g/mol. The van der Waals surface area contributed by atoms with Gasteiger partial charge in [0.2, 0.25) is 0 Å². The van der Waals surface area contributed by atoms with Crippen LogP contribution in [0.15, 0.2) is 72.8 Å². The lowest BCUT2D eigenvalue weighted by Crippen LogP contribution is -2.52. The third-order valence-corrected chi connectivity index (χ3v) is 10.0. The molecule has 0 aliphatic heterocycles. The van der Waals surface area contributed by atoms with Crippen molar-refractivity contribution < 1.29 is 39.5 Å². The van der Waals surface area contributed by atoms with Gasteiger partial charge in [-0.25, -0.2) is 0 Å². The van der Waals surface area contributed by atoms with E-state index in [-0.39, 0.29) is 6.10 Å². The first-order valence-corrected chi connectivity index (χ1v) is 17.2. The molecule has 0 heterocycles. The summed E-state index contributed by atoms with van der Waals surface area (Å²) in [6.45, 7) is 8.94. The minimum absolute atomic E-state index is 0.0956. The zero-order valence-electron chi connectivity index (χ0n) is 29.9. The minimum atomic E-state index is -1.42. The van der Waals surface area contributed by atoms with Crippen LogP contribution in [0.25, 0.3) is 11.1 Å². The number of nitrogens with one attached hydrogen (secondary N) is 2. The lowest BCUT2D eigenvalue weighted by molar-refractivity contribution is -0.146. The first-order chi connectivity index (χ1) is 24.3. The van der Waals surface area contributed by atoms with Gasteiger partial charge in [0.05, 0.1) is 13.2 Å². The summed E-state index contributed by atoms with van der Waals surface area (Å²) in [5.41, 5.74) is 7.86. The maximum absolute atomic E-state index is 11.5. The van der Waals surface area contributed by atoms with Crippen molar-refractivity contribution >= 4 is 11.9 Å². The number of hydrogen-bond donors (Lipinski definition) is 6. The molecule has 2 unspecified atom stereocenters. The van der Waals surface area contributed by atoms with E-state index in [2.05, 4.69) is 54.0 Å². The van der Waals surface area contributed by atoms with Gasteiger partial charge in [0.25, 0.3) is 0 Å². The summed E-state index contributed by atoms with van der Waals surface area (Å²) in [7, 11) is 0. The molecule has 1 aliphatic rings. The Balaban J connectivity index is 1.27. The summed E-state index contributed by atoms with van der Waals surface area (Å²) < 4.78 is 12.9. The molecule has 10 heteroatoms. The van der Waals surface area contributed by atoms with Crippen LogP contribution in [0, 0.1) is 20.8 Å². The molecule has 5 rings (SSSR count). The Kier molecular flexibility index (Phi) is 11.5. The van der Waals surface area contributed by atoms with Crippen LogP contribution in [0.3, 0.4) is 0 Å². The molecule has 270 valence electrons. The van der Waals surface area contributed by atoms with Crippen molar-refractivity contribution in [2.24, 2.45) is 0 Å². The number of carbonyl (C=O) groups is 2. The summed E-state index contributed by atoms with van der Waals surface area (Å²) in [5, 5.41) is 43.8. The number of aliphatic hydroxyl groups is 2. The molecule has 4 aromatic rings. The number of hydrogen-bond acceptors (Lipinski definition) is 8. The largest absolute Gasteiger partial charge is 0.489 e. The second-order valence-corrected chi connectivity index (χ2v) is 13.9. The van der Waals surface area contributed by atoms with Crippen molar-refractivity contribution in [3.05, 3.63) is 117 Å². The smallest absolute Gasteiger partial charge is 0.326 e. The highest BCUT2D eigenvalue weighted by atomic mass is 16.5. The lowest BCUT2D eigenvalue weighted by Gasteiger charge is -2.24. The fourth-order valence-electron chi connectivity index (χ4n) is 6.36. The number of aryl methyl sites for hydroxylation is 2. The summed E-state index contributed by atoms with van der Waals surface area (Å²) in [4.78, 5) is 23.0. The van der Waals surface area contributed by atoms with Crippen LogP contribution >= 0.6 is 0 Å². The number of rotatable bonds is 16. The Morgan fingerprint density at radius 1 is 0.765 bits per heavy atom. The second kappa shape index (κ2) is 15.7. The molecule has 1 aliphatic carbocycles. The van der Waals surface area contributed by atoms with E-state index in [1.165, 1.54) is 30.5 Å². The highest BCUT2D eigenvalue weighted by molar-refractivity contribution is 5.79. The molecule has 0 bridgehead atoms. The van der Waals surface area contributed by atoms with E-state index in [9.17, 15) is 30.0 Å². The third-order valence-electron chi connectivity index (χ3n) is 10.0. The zero-order valence-corrected chi connectivity index (χ0v) is 29.9. The van der Waals surface area contributed by atoms with Gasteiger partial charge in [0, 0.05) is 13.1 Å². The fourth-order valence-corrected chi connectivity index (χ4v) is 6.36. The number of carboxylic acids is 2. The van der Waals surface area contributed by atoms with Crippen LogP contribution in [-0.2, 0) is 35.7 Å². The normalized spacial score (nSPS) is 16.2. The van der Waals surface area contributed by atoms with Gasteiger partial charge in [0.15, 0.2) is 0 Å². The minimum Gasteiger partial charge on any atom is -0.489 e. The number of carboxylic acid groups (broad SMARTS) is 2. The van der Waals surface area contributed by atoms with E-state index in [0.717, 1.165) is 63.3 Å². The zero-order chi connectivity index (χ0) is 36.9. The first kappa shape index (κ1) is 37.5. The first-order valence-electron chi connectivity index (χ1n) is 17.2. The number of aliphatic hydroxyl groups excluding tert-OH is 2. The Hall–Kier alpha value is -4.74. The molecule has 10 nitrogen and oxygen atoms in total. The number of aliphatic carboxylic acids is 2. The molecular formula is C41H48N2O8. The Bertz CT molecular complexity index is 1910. The Morgan fingerprint density at radius 2 is 1.31 bits per heavy atom. The van der Waals surface area contributed by atoms with Crippen LogP contribution in [-0.4, -0.2) is 56.7 Å². The summed E-state index contributed by atoms with van der Waals surface area (Å²) in [6.07, 6.45) is 1.64. The SMILES string of the molecule is Cc1cc(CN[C@@](C)(CO)C(=O)O)ccc1OCc1cccc(-c2cccc3c2CCC3Oc2ccc(CNC(C)(CO)C(=O)O)cc2C)c1C. The van der Waals surface area contributed by atoms with Crippen LogP contribution in [0.1, 0.15) is 70.9 Å². The van der Waals surface area contributed by atoms with Crippen molar-refractivity contribution in [3.8, 4) is 22.6 Å². The van der Waals surface area contributed by atoms with Crippen molar-refractivity contribution in [2.45, 2.75) is 84.3 Å². The van der Waals surface area contributed by atoms with Crippen LogP contribution in [0.4, 0.5) is 0 Å². The highest BCUT2D eigenvalue weighted by Gasteiger charge is 2.33. The quantitative estimate of drug-likeness (QED) is 0.0850. The number of fused-ring (bicyclic) bond motifs is 1. The lowest BCUT2D eigenvalue weighted by atomic mass is 9.91. The molecule has 6 N–H and O–H groups in total. The molecule has 0 spiro atoms. The van der Waals surface area contributed by atoms with E-state index in [4.69, 9.17) is 9.47 Å². The molecule has 3 atom stereocenters. The monoisotopic (exact) mass is 696 g/mol. The van der Waals surface area contributed by atoms with Crippen LogP contribution in [0.5, 0.6) is 11.5 Å². The van der Waals surface area contributed by atoms with Crippen molar-refractivity contribution in [3.63, 3.8) is 0 Å². The van der Waals surface area contributed by atoms with E-state index < -0.39 is 36.2 Å². The number of benzene rings is 4. The van der Waals surface area contributed by atoms with Crippen molar-refractivity contribution in [2.75, 3.05) is 13.2 Å². The van der Waals surface area contributed by atoms with Crippen molar-refractivity contribution in [1.29, 1.82) is 0 Å². The third kappa shape index (κ3) is 8.26. The number of ether oxygens (including phenoxy) is 2. The Morgan fingerprint density at radius 3 is 1.86 bits per heavy atom. The van der Waals surface area contributed by atoms with Crippen LogP contribution in [0.2, 0.25) is 0 Å². The molecule has 0 amide bonds. The van der Waals surface area contributed by atoms with E-state index in [0.29, 0.717) is 19.7 Å². The van der Waals surface area contributed by atoms with Gasteiger partial charge in [0.1, 0.15) is 35.3 Å². The van der Waals surface area contributed by atoms with E-state index >= 15 is 0 Å². The average Bonchev–Trinajstić information content (AvgIpc) is 3.53. The fraction of sp³-hybridized carbons (Fsp3) is 0.366. The van der Waals surface area contributed by atoms with Gasteiger partial charge < -0.3 is 29.9 Å². The van der Waals surface area contributed by atoms with Crippen molar-refractivity contribution in [1.82, 2.24) is 10.6 Å².